The van der Waals surface area contributed by atoms with Crippen LogP contribution in [0.5, 0.6) is 0 Å². The Labute approximate surface area is 165 Å². The number of aliphatic imine (C=N–C) groups is 1. The molecule has 1 aromatic rings. The molecule has 2 rings (SSSR count). The van der Waals surface area contributed by atoms with Crippen LogP contribution in [-0.2, 0) is 14.9 Å². The molecule has 1 fully saturated rings. The first kappa shape index (κ1) is 21.7. The third-order valence-corrected chi connectivity index (χ3v) is 4.27. The molecule has 0 aromatic heterocycles. The number of ether oxygens (including phenoxy) is 1. The predicted octanol–water partition coefficient (Wildman–Crippen LogP) is 2.98. The molecule has 0 amide bonds. The highest BCUT2D eigenvalue weighted by Gasteiger charge is 2.45. The number of esters is 1. The molecule has 0 saturated heterocycles. The lowest BCUT2D eigenvalue weighted by molar-refractivity contribution is -0.143. The second kappa shape index (κ2) is 10.6. The fourth-order valence-corrected chi connectivity index (χ4v) is 2.73. The molecular weight excluding hydrogens is 436 g/mol. The highest BCUT2D eigenvalue weighted by Crippen LogP contribution is 2.48. The maximum atomic E-state index is 14.0. The lowest BCUT2D eigenvalue weighted by Gasteiger charge is -2.19. The summed E-state index contributed by atoms with van der Waals surface area (Å²) in [7, 11) is 1.70. The van der Waals surface area contributed by atoms with Crippen molar-refractivity contribution in [3.05, 3.63) is 35.6 Å². The second-order valence-electron chi connectivity index (χ2n) is 6.02. The number of carbonyl (C=O) groups excluding carboxylic acids is 1. The number of carbonyl (C=O) groups is 1. The zero-order valence-corrected chi connectivity index (χ0v) is 17.1. The zero-order chi connectivity index (χ0) is 17.4. The second-order valence-corrected chi connectivity index (χ2v) is 6.02. The van der Waals surface area contributed by atoms with Crippen LogP contribution in [0.25, 0.3) is 0 Å². The molecule has 0 spiro atoms. The Morgan fingerprint density at radius 1 is 1.32 bits per heavy atom. The van der Waals surface area contributed by atoms with Gasteiger partial charge < -0.3 is 15.4 Å². The minimum atomic E-state index is -0.182. The Morgan fingerprint density at radius 2 is 2.04 bits per heavy atom. The van der Waals surface area contributed by atoms with Crippen molar-refractivity contribution in [2.24, 2.45) is 4.99 Å². The van der Waals surface area contributed by atoms with E-state index >= 15 is 0 Å². The fourth-order valence-electron chi connectivity index (χ4n) is 2.73. The summed E-state index contributed by atoms with van der Waals surface area (Å²) in [6.07, 6.45) is 3.01. The van der Waals surface area contributed by atoms with Gasteiger partial charge >= 0.3 is 5.97 Å². The van der Waals surface area contributed by atoms with E-state index in [9.17, 15) is 9.18 Å². The molecule has 5 nitrogen and oxygen atoms in total. The molecule has 7 heteroatoms. The van der Waals surface area contributed by atoms with E-state index in [1.54, 1.807) is 20.0 Å². The van der Waals surface area contributed by atoms with Crippen molar-refractivity contribution in [3.8, 4) is 0 Å². The fraction of sp³-hybridized carbons (Fsp3) is 0.556. The molecule has 25 heavy (non-hydrogen) atoms. The molecule has 1 aromatic carbocycles. The van der Waals surface area contributed by atoms with Gasteiger partial charge in [0, 0.05) is 32.0 Å². The molecule has 0 heterocycles. The maximum Gasteiger partial charge on any atom is 0.305 e. The van der Waals surface area contributed by atoms with Gasteiger partial charge in [-0.15, -0.1) is 24.0 Å². The first-order valence-electron chi connectivity index (χ1n) is 8.46. The molecule has 0 bridgehead atoms. The molecular formula is C18H27FIN3O2. The van der Waals surface area contributed by atoms with Crippen molar-refractivity contribution in [3.63, 3.8) is 0 Å². The van der Waals surface area contributed by atoms with Crippen LogP contribution in [0.3, 0.4) is 0 Å². The average molecular weight is 463 g/mol. The summed E-state index contributed by atoms with van der Waals surface area (Å²) in [5.41, 5.74) is 0.642. The Balaban J connectivity index is 0.00000312. The first-order valence-corrected chi connectivity index (χ1v) is 8.46. The minimum absolute atomic E-state index is 0. The monoisotopic (exact) mass is 463 g/mol. The van der Waals surface area contributed by atoms with Gasteiger partial charge in [-0.1, -0.05) is 18.2 Å². The standard InChI is InChI=1S/C18H26FN3O2.HI/c1-3-24-16(23)9-6-12-21-17(20-2)22-13-18(10-11-18)14-7-4-5-8-15(14)19;/h4-5,7-8H,3,6,9-13H2,1-2H3,(H2,20,21,22);1H. The summed E-state index contributed by atoms with van der Waals surface area (Å²) >= 11 is 0. The maximum absolute atomic E-state index is 14.0. The zero-order valence-electron chi connectivity index (χ0n) is 14.8. The predicted molar refractivity (Wildman–Crippen MR) is 108 cm³/mol. The quantitative estimate of drug-likeness (QED) is 0.205. The third kappa shape index (κ3) is 6.45. The number of halogens is 2. The van der Waals surface area contributed by atoms with Crippen LogP contribution < -0.4 is 10.6 Å². The van der Waals surface area contributed by atoms with Crippen LogP contribution in [0.2, 0.25) is 0 Å². The van der Waals surface area contributed by atoms with Gasteiger partial charge in [0.25, 0.3) is 0 Å². The SMILES string of the molecule is CCOC(=O)CCCNC(=NC)NCC1(c2ccccc2F)CC1.I. The number of guanidine groups is 1. The van der Waals surface area contributed by atoms with Gasteiger partial charge in [-0.25, -0.2) is 4.39 Å². The molecule has 140 valence electrons. The molecule has 0 atom stereocenters. The molecule has 1 saturated carbocycles. The van der Waals surface area contributed by atoms with Crippen LogP contribution in [0.4, 0.5) is 4.39 Å². The summed E-state index contributed by atoms with van der Waals surface area (Å²) in [4.78, 5) is 15.5. The Morgan fingerprint density at radius 3 is 2.64 bits per heavy atom. The molecule has 2 N–H and O–H groups in total. The van der Waals surface area contributed by atoms with Gasteiger partial charge in [0.2, 0.25) is 0 Å². The van der Waals surface area contributed by atoms with Crippen LogP contribution >= 0.6 is 24.0 Å². The number of benzene rings is 1. The van der Waals surface area contributed by atoms with Crippen molar-refractivity contribution in [1.29, 1.82) is 0 Å². The topological polar surface area (TPSA) is 62.7 Å². The number of rotatable bonds is 8. The summed E-state index contributed by atoms with van der Waals surface area (Å²) in [5.74, 6) is 0.342. The Bertz CT molecular complexity index is 591. The normalized spacial score (nSPS) is 15.1. The van der Waals surface area contributed by atoms with Gasteiger partial charge in [-0.05, 0) is 37.8 Å². The van der Waals surface area contributed by atoms with Crippen LogP contribution in [-0.4, -0.2) is 38.7 Å². The third-order valence-electron chi connectivity index (χ3n) is 4.27. The number of hydrogen-bond donors (Lipinski definition) is 2. The van der Waals surface area contributed by atoms with Gasteiger partial charge in [0.05, 0.1) is 6.61 Å². The minimum Gasteiger partial charge on any atom is -0.466 e. The molecule has 0 aliphatic heterocycles. The van der Waals surface area contributed by atoms with Crippen molar-refractivity contribution in [2.45, 2.75) is 38.0 Å². The average Bonchev–Trinajstić information content (AvgIpc) is 3.36. The van der Waals surface area contributed by atoms with Crippen molar-refractivity contribution in [1.82, 2.24) is 10.6 Å². The highest BCUT2D eigenvalue weighted by atomic mass is 127. The van der Waals surface area contributed by atoms with E-state index in [0.29, 0.717) is 38.5 Å². The largest absolute Gasteiger partial charge is 0.466 e. The summed E-state index contributed by atoms with van der Waals surface area (Å²) in [5, 5.41) is 6.44. The molecule has 1 aliphatic carbocycles. The molecule has 0 radical (unpaired) electrons. The molecule has 1 aliphatic rings. The van der Waals surface area contributed by atoms with Gasteiger partial charge in [-0.2, -0.15) is 0 Å². The molecule has 0 unspecified atom stereocenters. The van der Waals surface area contributed by atoms with E-state index in [0.717, 1.165) is 18.4 Å². The van der Waals surface area contributed by atoms with E-state index in [1.807, 2.05) is 12.1 Å². The Kier molecular flexibility index (Phi) is 9.16. The summed E-state index contributed by atoms with van der Waals surface area (Å²) in [6.45, 7) is 3.48. The lowest BCUT2D eigenvalue weighted by Crippen LogP contribution is -2.41. The van der Waals surface area contributed by atoms with Crippen LogP contribution in [0, 0.1) is 5.82 Å². The smallest absolute Gasteiger partial charge is 0.305 e. The van der Waals surface area contributed by atoms with Gasteiger partial charge in [0.1, 0.15) is 5.82 Å². The lowest BCUT2D eigenvalue weighted by atomic mass is 9.95. The van der Waals surface area contributed by atoms with Crippen molar-refractivity contribution >= 4 is 35.9 Å². The number of nitrogens with one attached hydrogen (secondary N) is 2. The first-order chi connectivity index (χ1) is 11.6. The van der Waals surface area contributed by atoms with E-state index in [4.69, 9.17) is 4.74 Å². The van der Waals surface area contributed by atoms with Crippen LogP contribution in [0.15, 0.2) is 29.3 Å². The van der Waals surface area contributed by atoms with Gasteiger partial charge in [0.15, 0.2) is 5.96 Å². The van der Waals surface area contributed by atoms with Crippen LogP contribution in [0.1, 0.15) is 38.2 Å². The summed E-state index contributed by atoms with van der Waals surface area (Å²) in [6, 6.07) is 6.96. The van der Waals surface area contributed by atoms with E-state index in [2.05, 4.69) is 15.6 Å². The number of hydrogen-bond acceptors (Lipinski definition) is 3. The van der Waals surface area contributed by atoms with Crippen molar-refractivity contribution in [2.75, 3.05) is 26.7 Å². The number of nitrogens with zero attached hydrogens (tertiary/aromatic N) is 1. The van der Waals surface area contributed by atoms with E-state index < -0.39 is 0 Å². The summed E-state index contributed by atoms with van der Waals surface area (Å²) < 4.78 is 18.9. The highest BCUT2D eigenvalue weighted by molar-refractivity contribution is 14.0. The van der Waals surface area contributed by atoms with Gasteiger partial charge in [-0.3, -0.25) is 9.79 Å². The van der Waals surface area contributed by atoms with Crippen molar-refractivity contribution < 1.29 is 13.9 Å². The van der Waals surface area contributed by atoms with E-state index in [-0.39, 0.29) is 41.2 Å². The Hall–Kier alpha value is -1.38. The van der Waals surface area contributed by atoms with E-state index in [1.165, 1.54) is 6.07 Å².